The summed E-state index contributed by atoms with van der Waals surface area (Å²) < 4.78 is 0. The van der Waals surface area contributed by atoms with E-state index in [4.69, 9.17) is 11.6 Å². The molecule has 1 amide bonds. The number of carbonyl (C=O) groups is 1. The van der Waals surface area contributed by atoms with Gasteiger partial charge in [0.15, 0.2) is 0 Å². The molecule has 2 fully saturated rings. The van der Waals surface area contributed by atoms with E-state index in [1.807, 2.05) is 0 Å². The van der Waals surface area contributed by atoms with Gasteiger partial charge in [0.25, 0.3) is 0 Å². The van der Waals surface area contributed by atoms with Crippen LogP contribution in [0.15, 0.2) is 0 Å². The van der Waals surface area contributed by atoms with E-state index < -0.39 is 0 Å². The Balaban J connectivity index is 1.74. The SMILES string of the molecule is O=C(CCl)NC[C@@H]1C[C@H]2CC[C@H]1C2. The molecule has 0 aliphatic heterocycles. The highest BCUT2D eigenvalue weighted by atomic mass is 35.5. The number of halogens is 1. The maximum absolute atomic E-state index is 10.9. The number of amides is 1. The van der Waals surface area contributed by atoms with Crippen molar-refractivity contribution in [3.8, 4) is 0 Å². The molecule has 0 spiro atoms. The average molecular weight is 202 g/mol. The lowest BCUT2D eigenvalue weighted by atomic mass is 9.89. The van der Waals surface area contributed by atoms with Crippen LogP contribution in [0.3, 0.4) is 0 Å². The van der Waals surface area contributed by atoms with Crippen LogP contribution in [-0.2, 0) is 4.79 Å². The summed E-state index contributed by atoms with van der Waals surface area (Å²) in [6.07, 6.45) is 5.53. The van der Waals surface area contributed by atoms with Crippen molar-refractivity contribution in [2.24, 2.45) is 17.8 Å². The van der Waals surface area contributed by atoms with Gasteiger partial charge in [0.1, 0.15) is 5.88 Å². The van der Waals surface area contributed by atoms with Crippen molar-refractivity contribution in [1.82, 2.24) is 5.32 Å². The van der Waals surface area contributed by atoms with Crippen LogP contribution in [0.25, 0.3) is 0 Å². The molecule has 0 radical (unpaired) electrons. The number of rotatable bonds is 3. The van der Waals surface area contributed by atoms with Crippen molar-refractivity contribution in [3.63, 3.8) is 0 Å². The van der Waals surface area contributed by atoms with Gasteiger partial charge in [-0.25, -0.2) is 0 Å². The summed E-state index contributed by atoms with van der Waals surface area (Å²) in [4.78, 5) is 10.9. The third kappa shape index (κ3) is 1.98. The largest absolute Gasteiger partial charge is 0.355 e. The second-order valence-electron chi connectivity index (χ2n) is 4.37. The zero-order valence-electron chi connectivity index (χ0n) is 7.76. The van der Waals surface area contributed by atoms with Crippen LogP contribution in [0, 0.1) is 17.8 Å². The molecule has 2 bridgehead atoms. The van der Waals surface area contributed by atoms with Gasteiger partial charge in [0.05, 0.1) is 0 Å². The quantitative estimate of drug-likeness (QED) is 0.693. The Morgan fingerprint density at radius 1 is 1.38 bits per heavy atom. The van der Waals surface area contributed by atoms with Gasteiger partial charge in [-0.3, -0.25) is 4.79 Å². The molecular weight excluding hydrogens is 186 g/mol. The van der Waals surface area contributed by atoms with Gasteiger partial charge in [-0.2, -0.15) is 0 Å². The number of carbonyl (C=O) groups excluding carboxylic acids is 1. The van der Waals surface area contributed by atoms with Gasteiger partial charge in [-0.05, 0) is 37.0 Å². The molecule has 0 unspecified atom stereocenters. The smallest absolute Gasteiger partial charge is 0.234 e. The van der Waals surface area contributed by atoms with Crippen LogP contribution < -0.4 is 5.32 Å². The second-order valence-corrected chi connectivity index (χ2v) is 4.64. The Morgan fingerprint density at radius 2 is 2.23 bits per heavy atom. The number of alkyl halides is 1. The summed E-state index contributed by atoms with van der Waals surface area (Å²) in [5.74, 6) is 2.67. The summed E-state index contributed by atoms with van der Waals surface area (Å²) in [7, 11) is 0. The third-order valence-electron chi connectivity index (χ3n) is 3.57. The standard InChI is InChI=1S/C10H16ClNO/c11-5-10(13)12-6-9-4-7-1-2-8(9)3-7/h7-9H,1-6H2,(H,12,13)/t7-,8-,9-/m0/s1. The van der Waals surface area contributed by atoms with Crippen molar-refractivity contribution < 1.29 is 4.79 Å². The monoisotopic (exact) mass is 201 g/mol. The molecule has 0 aromatic heterocycles. The maximum Gasteiger partial charge on any atom is 0.234 e. The minimum absolute atomic E-state index is 0.0237. The van der Waals surface area contributed by atoms with Crippen molar-refractivity contribution in [2.45, 2.75) is 25.7 Å². The highest BCUT2D eigenvalue weighted by Gasteiger charge is 2.39. The van der Waals surface area contributed by atoms with E-state index in [0.717, 1.165) is 24.3 Å². The summed E-state index contributed by atoms with van der Waals surface area (Å²) in [6, 6.07) is 0. The topological polar surface area (TPSA) is 29.1 Å². The zero-order chi connectivity index (χ0) is 9.26. The van der Waals surface area contributed by atoms with Crippen molar-refractivity contribution in [3.05, 3.63) is 0 Å². The molecule has 2 saturated carbocycles. The van der Waals surface area contributed by atoms with E-state index in [-0.39, 0.29) is 11.8 Å². The van der Waals surface area contributed by atoms with Crippen LogP contribution in [0.5, 0.6) is 0 Å². The molecule has 2 aliphatic rings. The lowest BCUT2D eigenvalue weighted by molar-refractivity contribution is -0.118. The van der Waals surface area contributed by atoms with Crippen molar-refractivity contribution >= 4 is 17.5 Å². The predicted molar refractivity (Wildman–Crippen MR) is 52.7 cm³/mol. The normalized spacial score (nSPS) is 36.5. The van der Waals surface area contributed by atoms with E-state index in [9.17, 15) is 4.79 Å². The summed E-state index contributed by atoms with van der Waals surface area (Å²) in [6.45, 7) is 0.854. The molecule has 0 aromatic rings. The molecule has 2 aliphatic carbocycles. The third-order valence-corrected chi connectivity index (χ3v) is 3.81. The first-order valence-electron chi connectivity index (χ1n) is 5.12. The molecular formula is C10H16ClNO. The lowest BCUT2D eigenvalue weighted by Gasteiger charge is -2.21. The first-order valence-corrected chi connectivity index (χ1v) is 5.65. The molecule has 3 heteroatoms. The van der Waals surface area contributed by atoms with Gasteiger partial charge in [-0.15, -0.1) is 11.6 Å². The molecule has 2 nitrogen and oxygen atoms in total. The lowest BCUT2D eigenvalue weighted by Crippen LogP contribution is -2.32. The van der Waals surface area contributed by atoms with E-state index in [1.54, 1.807) is 0 Å². The molecule has 3 atom stereocenters. The van der Waals surface area contributed by atoms with Gasteiger partial charge >= 0.3 is 0 Å². The predicted octanol–water partition coefficient (Wildman–Crippen LogP) is 1.78. The number of hydrogen-bond acceptors (Lipinski definition) is 1. The Bertz CT molecular complexity index is 207. The minimum atomic E-state index is -0.0237. The summed E-state index contributed by atoms with van der Waals surface area (Å²) in [5, 5.41) is 2.89. The van der Waals surface area contributed by atoms with Crippen LogP contribution in [0.1, 0.15) is 25.7 Å². The molecule has 0 saturated heterocycles. The molecule has 1 N–H and O–H groups in total. The summed E-state index contributed by atoms with van der Waals surface area (Å²) in [5.41, 5.74) is 0. The van der Waals surface area contributed by atoms with Crippen molar-refractivity contribution in [1.29, 1.82) is 0 Å². The van der Waals surface area contributed by atoms with Gasteiger partial charge in [-0.1, -0.05) is 6.42 Å². The number of nitrogens with one attached hydrogen (secondary N) is 1. The Hall–Kier alpha value is -0.240. The molecule has 74 valence electrons. The van der Waals surface area contributed by atoms with E-state index >= 15 is 0 Å². The van der Waals surface area contributed by atoms with Gasteiger partial charge < -0.3 is 5.32 Å². The highest BCUT2D eigenvalue weighted by Crippen LogP contribution is 2.47. The highest BCUT2D eigenvalue weighted by molar-refractivity contribution is 6.27. The Morgan fingerprint density at radius 3 is 2.77 bits per heavy atom. The maximum atomic E-state index is 10.9. The Labute approximate surface area is 84.0 Å². The first kappa shape index (κ1) is 9.32. The van der Waals surface area contributed by atoms with E-state index in [1.165, 1.54) is 25.7 Å². The van der Waals surface area contributed by atoms with Crippen LogP contribution >= 0.6 is 11.6 Å². The number of hydrogen-bond donors (Lipinski definition) is 1. The second kappa shape index (κ2) is 3.87. The first-order chi connectivity index (χ1) is 6.29. The van der Waals surface area contributed by atoms with E-state index in [2.05, 4.69) is 5.32 Å². The van der Waals surface area contributed by atoms with Crippen LogP contribution in [0.4, 0.5) is 0 Å². The zero-order valence-corrected chi connectivity index (χ0v) is 8.52. The molecule has 0 heterocycles. The van der Waals surface area contributed by atoms with Crippen molar-refractivity contribution in [2.75, 3.05) is 12.4 Å². The molecule has 0 aromatic carbocycles. The van der Waals surface area contributed by atoms with E-state index in [0.29, 0.717) is 0 Å². The molecule has 2 rings (SSSR count). The fourth-order valence-corrected chi connectivity index (χ4v) is 3.01. The number of fused-ring (bicyclic) bond motifs is 2. The minimum Gasteiger partial charge on any atom is -0.355 e. The molecule has 13 heavy (non-hydrogen) atoms. The average Bonchev–Trinajstić information content (AvgIpc) is 2.74. The fourth-order valence-electron chi connectivity index (χ4n) is 2.92. The van der Waals surface area contributed by atoms with Gasteiger partial charge in [0, 0.05) is 6.54 Å². The van der Waals surface area contributed by atoms with Crippen LogP contribution in [-0.4, -0.2) is 18.3 Å². The van der Waals surface area contributed by atoms with Gasteiger partial charge in [0.2, 0.25) is 5.91 Å². The fraction of sp³-hybridized carbons (Fsp3) is 0.900. The van der Waals surface area contributed by atoms with Crippen LogP contribution in [0.2, 0.25) is 0 Å². The summed E-state index contributed by atoms with van der Waals surface area (Å²) >= 11 is 5.40. The Kier molecular flexibility index (Phi) is 2.77.